The van der Waals surface area contributed by atoms with Gasteiger partial charge < -0.3 is 46.0 Å². The molecule has 3 aromatic rings. The molecule has 8 N–H and O–H groups in total. The SMILES string of the molecule is CCCCCCN(Cc1ccc(C#Cc2ccc(Cl)cc2)cc1)c1ccc(O)c(C(=O)O)c1.CNC[C@H](O)[C@@H](O)[C@H](O)[C@H](O)CO. The van der Waals surface area contributed by atoms with Gasteiger partial charge in [0.15, 0.2) is 0 Å². The number of carboxylic acids is 1. The fourth-order valence-corrected chi connectivity index (χ4v) is 4.53. The minimum Gasteiger partial charge on any atom is -0.507 e. The van der Waals surface area contributed by atoms with E-state index in [9.17, 15) is 20.1 Å². The Kier molecular flexibility index (Phi) is 17.1. The van der Waals surface area contributed by atoms with Crippen molar-refractivity contribution in [2.75, 3.05) is 31.6 Å². The average molecular weight is 657 g/mol. The highest BCUT2D eigenvalue weighted by molar-refractivity contribution is 6.30. The lowest BCUT2D eigenvalue weighted by molar-refractivity contribution is -0.113. The molecule has 0 unspecified atom stereocenters. The van der Waals surface area contributed by atoms with E-state index in [0.29, 0.717) is 11.6 Å². The van der Waals surface area contributed by atoms with Crippen molar-refractivity contribution in [2.24, 2.45) is 0 Å². The maximum absolute atomic E-state index is 11.5. The molecule has 0 saturated heterocycles. The Morgan fingerprint density at radius 3 is 2.00 bits per heavy atom. The number of likely N-dealkylation sites (N-methyl/N-ethyl adjacent to an activating group) is 1. The zero-order chi connectivity index (χ0) is 34.1. The molecule has 11 heteroatoms. The summed E-state index contributed by atoms with van der Waals surface area (Å²) in [6.07, 6.45) is -1.19. The van der Waals surface area contributed by atoms with E-state index in [4.69, 9.17) is 32.0 Å². The molecule has 0 amide bonds. The summed E-state index contributed by atoms with van der Waals surface area (Å²) in [7, 11) is 1.57. The summed E-state index contributed by atoms with van der Waals surface area (Å²) in [5.74, 6) is 4.95. The molecule has 0 spiro atoms. The molecule has 3 aromatic carbocycles. The summed E-state index contributed by atoms with van der Waals surface area (Å²) >= 11 is 5.92. The molecule has 0 aliphatic heterocycles. The van der Waals surface area contributed by atoms with E-state index in [1.807, 2.05) is 48.5 Å². The van der Waals surface area contributed by atoms with Gasteiger partial charge in [0.25, 0.3) is 0 Å². The van der Waals surface area contributed by atoms with Crippen LogP contribution in [-0.2, 0) is 6.54 Å². The highest BCUT2D eigenvalue weighted by Gasteiger charge is 2.29. The number of halogens is 1. The molecule has 0 saturated carbocycles. The quantitative estimate of drug-likeness (QED) is 0.0895. The van der Waals surface area contributed by atoms with Crippen LogP contribution in [0, 0.1) is 11.8 Å². The molecular weight excluding hydrogens is 612 g/mol. The highest BCUT2D eigenvalue weighted by atomic mass is 35.5. The van der Waals surface area contributed by atoms with Gasteiger partial charge in [-0.2, -0.15) is 0 Å². The number of aromatic hydroxyl groups is 1. The first-order chi connectivity index (χ1) is 22.0. The predicted molar refractivity (Wildman–Crippen MR) is 179 cm³/mol. The van der Waals surface area contributed by atoms with Crippen LogP contribution < -0.4 is 10.2 Å². The number of nitrogens with one attached hydrogen (secondary N) is 1. The van der Waals surface area contributed by atoms with Crippen molar-refractivity contribution < 1.29 is 40.5 Å². The van der Waals surface area contributed by atoms with E-state index >= 15 is 0 Å². The lowest BCUT2D eigenvalue weighted by Gasteiger charge is -2.25. The van der Waals surface area contributed by atoms with Gasteiger partial charge in [-0.3, -0.25) is 0 Å². The molecule has 0 aliphatic rings. The number of rotatable bonds is 15. The Morgan fingerprint density at radius 1 is 0.870 bits per heavy atom. The van der Waals surface area contributed by atoms with Gasteiger partial charge in [-0.05, 0) is 73.6 Å². The highest BCUT2D eigenvalue weighted by Crippen LogP contribution is 2.26. The summed E-state index contributed by atoms with van der Waals surface area (Å²) in [5, 5.41) is 67.4. The van der Waals surface area contributed by atoms with Gasteiger partial charge in [0.1, 0.15) is 29.6 Å². The number of hydrogen-bond acceptors (Lipinski definition) is 9. The fourth-order valence-electron chi connectivity index (χ4n) is 4.41. The van der Waals surface area contributed by atoms with Gasteiger partial charge in [0.05, 0.1) is 12.7 Å². The van der Waals surface area contributed by atoms with E-state index in [1.54, 1.807) is 19.2 Å². The number of aromatic carboxylic acids is 1. The molecule has 0 bridgehead atoms. The van der Waals surface area contributed by atoms with Crippen LogP contribution in [0.25, 0.3) is 0 Å². The van der Waals surface area contributed by atoms with Crippen molar-refractivity contribution >= 4 is 23.3 Å². The van der Waals surface area contributed by atoms with Crippen molar-refractivity contribution in [3.63, 3.8) is 0 Å². The van der Waals surface area contributed by atoms with E-state index in [0.717, 1.165) is 48.2 Å². The third-order valence-corrected chi connectivity index (χ3v) is 7.37. The number of nitrogens with zero attached hydrogens (tertiary/aromatic N) is 1. The van der Waals surface area contributed by atoms with Gasteiger partial charge in [-0.1, -0.05) is 61.8 Å². The number of aliphatic hydroxyl groups is 5. The second-order valence-corrected chi connectivity index (χ2v) is 11.2. The lowest BCUT2D eigenvalue weighted by atomic mass is 10.0. The molecule has 0 aliphatic carbocycles. The van der Waals surface area contributed by atoms with Crippen molar-refractivity contribution in [1.29, 1.82) is 0 Å². The lowest BCUT2D eigenvalue weighted by Crippen LogP contribution is -2.48. The van der Waals surface area contributed by atoms with E-state index in [1.165, 1.54) is 12.5 Å². The first-order valence-corrected chi connectivity index (χ1v) is 15.5. The number of anilines is 1. The maximum Gasteiger partial charge on any atom is 0.339 e. The van der Waals surface area contributed by atoms with Crippen LogP contribution >= 0.6 is 11.6 Å². The van der Waals surface area contributed by atoms with Crippen molar-refractivity contribution in [1.82, 2.24) is 5.32 Å². The van der Waals surface area contributed by atoms with Gasteiger partial charge in [0, 0.05) is 41.5 Å². The molecule has 4 atom stereocenters. The first-order valence-electron chi connectivity index (χ1n) is 15.2. The fraction of sp³-hybridized carbons (Fsp3) is 0.400. The van der Waals surface area contributed by atoms with Gasteiger partial charge >= 0.3 is 5.97 Å². The molecule has 10 nitrogen and oxygen atoms in total. The van der Waals surface area contributed by atoms with E-state index in [-0.39, 0.29) is 17.9 Å². The molecule has 250 valence electrons. The Hall–Kier alpha value is -3.66. The minimum absolute atomic E-state index is 0.0844. The molecular formula is C35H45ClN2O8. The molecule has 46 heavy (non-hydrogen) atoms. The zero-order valence-electron chi connectivity index (χ0n) is 26.2. The Balaban J connectivity index is 0.000000479. The summed E-state index contributed by atoms with van der Waals surface area (Å²) in [6.45, 7) is 3.05. The number of carbonyl (C=O) groups is 1. The van der Waals surface area contributed by atoms with Gasteiger partial charge in [-0.25, -0.2) is 4.79 Å². The normalized spacial score (nSPS) is 13.3. The summed E-state index contributed by atoms with van der Waals surface area (Å²) in [6, 6.07) is 20.3. The molecule has 0 radical (unpaired) electrons. The van der Waals surface area contributed by atoms with Crippen LogP contribution in [0.4, 0.5) is 5.69 Å². The number of carboxylic acid groups (broad SMARTS) is 1. The van der Waals surface area contributed by atoms with Crippen LogP contribution in [0.1, 0.15) is 59.7 Å². The Bertz CT molecular complexity index is 1390. The Labute approximate surface area is 275 Å². The molecule has 0 fully saturated rings. The average Bonchev–Trinajstić information content (AvgIpc) is 3.06. The largest absolute Gasteiger partial charge is 0.507 e. The third-order valence-electron chi connectivity index (χ3n) is 7.12. The van der Waals surface area contributed by atoms with Crippen LogP contribution in [0.3, 0.4) is 0 Å². The second-order valence-electron chi connectivity index (χ2n) is 10.8. The Morgan fingerprint density at radius 2 is 1.46 bits per heavy atom. The number of aliphatic hydroxyl groups excluding tert-OH is 5. The van der Waals surface area contributed by atoms with Crippen LogP contribution in [0.15, 0.2) is 66.7 Å². The maximum atomic E-state index is 11.5. The smallest absolute Gasteiger partial charge is 0.339 e. The number of phenols is 1. The minimum atomic E-state index is -1.55. The number of hydrogen-bond donors (Lipinski definition) is 8. The monoisotopic (exact) mass is 656 g/mol. The predicted octanol–water partition coefficient (Wildman–Crippen LogP) is 3.37. The van der Waals surface area contributed by atoms with E-state index < -0.39 is 37.0 Å². The summed E-state index contributed by atoms with van der Waals surface area (Å²) < 4.78 is 0. The van der Waals surface area contributed by atoms with Crippen LogP contribution in [0.2, 0.25) is 5.02 Å². The van der Waals surface area contributed by atoms with Gasteiger partial charge in [-0.15, -0.1) is 0 Å². The standard InChI is InChI=1S/C28H28ClNO3.C7H17NO5/c1-2-3-4-5-18-30(25-16-17-27(31)26(19-25)28(32)33)20-23-10-8-21(9-11-23)6-7-22-12-14-24(29)15-13-22;1-8-2-4(10)6(12)7(13)5(11)3-9/h8-17,19,31H,2-5,18,20H2,1H3,(H,32,33);4-13H,2-3H2,1H3/t;4-,5+,6+,7+/m.0/s1. The summed E-state index contributed by atoms with van der Waals surface area (Å²) in [5.41, 5.74) is 3.63. The van der Waals surface area contributed by atoms with Gasteiger partial charge in [0.2, 0.25) is 0 Å². The molecule has 0 aromatic heterocycles. The molecule has 0 heterocycles. The second kappa shape index (κ2) is 20.5. The first kappa shape index (κ1) is 38.5. The topological polar surface area (TPSA) is 174 Å². The van der Waals surface area contributed by atoms with Crippen molar-refractivity contribution in [3.8, 4) is 17.6 Å². The zero-order valence-corrected chi connectivity index (χ0v) is 26.9. The van der Waals surface area contributed by atoms with E-state index in [2.05, 4.69) is 29.0 Å². The van der Waals surface area contributed by atoms with Crippen molar-refractivity contribution in [3.05, 3.63) is 94.0 Å². The van der Waals surface area contributed by atoms with Crippen LogP contribution in [-0.4, -0.2) is 92.9 Å². The van der Waals surface area contributed by atoms with Crippen LogP contribution in [0.5, 0.6) is 5.75 Å². The third kappa shape index (κ3) is 13.0. The number of benzene rings is 3. The number of unbranched alkanes of at least 4 members (excludes halogenated alkanes) is 3. The summed E-state index contributed by atoms with van der Waals surface area (Å²) in [4.78, 5) is 13.6. The van der Waals surface area contributed by atoms with Crippen molar-refractivity contribution in [2.45, 2.75) is 63.6 Å². The molecule has 3 rings (SSSR count).